The minimum Gasteiger partial charge on any atom is -0.493 e. The average molecular weight is 496 g/mol. The predicted octanol–water partition coefficient (Wildman–Crippen LogP) is 4.99. The first-order valence-electron chi connectivity index (χ1n) is 11.7. The summed E-state index contributed by atoms with van der Waals surface area (Å²) in [5, 5.41) is 0.581. The van der Waals surface area contributed by atoms with Gasteiger partial charge < -0.3 is 19.0 Å². The zero-order chi connectivity index (χ0) is 24.8. The van der Waals surface area contributed by atoms with Gasteiger partial charge in [-0.1, -0.05) is 48.0 Å². The summed E-state index contributed by atoms with van der Waals surface area (Å²) in [6.07, 6.45) is 3.07. The Kier molecular flexibility index (Phi) is 7.76. The van der Waals surface area contributed by atoms with E-state index in [-0.39, 0.29) is 18.2 Å². The first kappa shape index (κ1) is 24.8. The molecule has 0 saturated carbocycles. The molecule has 0 unspecified atom stereocenters. The van der Waals surface area contributed by atoms with Gasteiger partial charge in [0, 0.05) is 43.5 Å². The maximum absolute atomic E-state index is 13.4. The summed E-state index contributed by atoms with van der Waals surface area (Å²) in [5.74, 6) is 0.946. The molecule has 35 heavy (non-hydrogen) atoms. The molecule has 0 radical (unpaired) electrons. The molecular weight excluding hydrogens is 466 g/mol. The lowest BCUT2D eigenvalue weighted by Gasteiger charge is -2.42. The zero-order valence-corrected chi connectivity index (χ0v) is 20.8. The zero-order valence-electron chi connectivity index (χ0n) is 20.1. The highest BCUT2D eigenvalue weighted by molar-refractivity contribution is 6.30. The number of hydrogen-bond acceptors (Lipinski definition) is 5. The van der Waals surface area contributed by atoms with Gasteiger partial charge in [-0.25, -0.2) is 4.98 Å². The number of piperidine rings is 1. The van der Waals surface area contributed by atoms with Gasteiger partial charge in [0.2, 0.25) is 5.91 Å². The molecule has 7 nitrogen and oxygen atoms in total. The monoisotopic (exact) mass is 495 g/mol. The van der Waals surface area contributed by atoms with Crippen LogP contribution in [0, 0.1) is 12.3 Å². The quantitative estimate of drug-likeness (QED) is 0.440. The third-order valence-electron chi connectivity index (χ3n) is 6.45. The van der Waals surface area contributed by atoms with Crippen molar-refractivity contribution in [2.75, 3.05) is 26.7 Å². The van der Waals surface area contributed by atoms with E-state index in [0.29, 0.717) is 48.5 Å². The van der Waals surface area contributed by atoms with Gasteiger partial charge >= 0.3 is 0 Å². The summed E-state index contributed by atoms with van der Waals surface area (Å²) >= 11 is 6.13. The molecule has 0 spiro atoms. The first-order valence-corrected chi connectivity index (χ1v) is 12.1. The molecule has 1 saturated heterocycles. The predicted molar refractivity (Wildman–Crippen MR) is 133 cm³/mol. The van der Waals surface area contributed by atoms with Crippen molar-refractivity contribution in [3.05, 3.63) is 83.0 Å². The minimum atomic E-state index is -0.546. The van der Waals surface area contributed by atoms with Crippen LogP contribution in [0.5, 0.6) is 5.75 Å². The van der Waals surface area contributed by atoms with Crippen LogP contribution in [0.25, 0.3) is 0 Å². The number of hydrogen-bond donors (Lipinski definition) is 0. The highest BCUT2D eigenvalue weighted by Gasteiger charge is 2.41. The Balaban J connectivity index is 1.53. The molecule has 1 aromatic heterocycles. The lowest BCUT2D eigenvalue weighted by molar-refractivity contribution is -0.134. The number of aromatic nitrogens is 1. The summed E-state index contributed by atoms with van der Waals surface area (Å²) in [6, 6.07) is 17.1. The van der Waals surface area contributed by atoms with Crippen molar-refractivity contribution in [1.82, 2.24) is 14.8 Å². The molecule has 0 bridgehead atoms. The van der Waals surface area contributed by atoms with Crippen molar-refractivity contribution < 1.29 is 18.7 Å². The van der Waals surface area contributed by atoms with E-state index >= 15 is 0 Å². The van der Waals surface area contributed by atoms with E-state index in [1.165, 1.54) is 6.39 Å². The largest absolute Gasteiger partial charge is 0.493 e. The van der Waals surface area contributed by atoms with Crippen LogP contribution in [-0.4, -0.2) is 53.3 Å². The van der Waals surface area contributed by atoms with Gasteiger partial charge in [-0.15, -0.1) is 0 Å². The second-order valence-corrected chi connectivity index (χ2v) is 9.68. The smallest absolute Gasteiger partial charge is 0.276 e. The molecule has 1 aliphatic heterocycles. The van der Waals surface area contributed by atoms with Crippen molar-refractivity contribution in [2.45, 2.75) is 32.7 Å². The molecule has 1 aliphatic rings. The fourth-order valence-corrected chi connectivity index (χ4v) is 4.73. The maximum atomic E-state index is 13.4. The molecule has 2 amide bonds. The summed E-state index contributed by atoms with van der Waals surface area (Å²) in [5.41, 5.74) is 0.828. The highest BCUT2D eigenvalue weighted by atomic mass is 35.5. The molecule has 8 heteroatoms. The molecule has 0 N–H and O–H groups in total. The van der Waals surface area contributed by atoms with E-state index in [4.69, 9.17) is 20.8 Å². The van der Waals surface area contributed by atoms with Crippen LogP contribution in [0.15, 0.2) is 65.4 Å². The number of nitrogens with zero attached hydrogens (tertiary/aromatic N) is 3. The van der Waals surface area contributed by atoms with Crippen LogP contribution in [0.3, 0.4) is 0 Å². The number of carbonyl (C=O) groups is 2. The molecule has 2 aromatic carbocycles. The number of amides is 2. The Hall–Kier alpha value is -3.32. The molecule has 0 aliphatic carbocycles. The number of likely N-dealkylation sites (tertiary alicyclic amines) is 1. The lowest BCUT2D eigenvalue weighted by Crippen LogP contribution is -2.51. The van der Waals surface area contributed by atoms with E-state index in [0.717, 1.165) is 18.4 Å². The number of rotatable bonds is 8. The molecule has 184 valence electrons. The topological polar surface area (TPSA) is 75.9 Å². The Morgan fingerprint density at radius 2 is 2.00 bits per heavy atom. The summed E-state index contributed by atoms with van der Waals surface area (Å²) < 4.78 is 11.4. The first-order chi connectivity index (χ1) is 16.8. The number of aryl methyl sites for hydroxylation is 1. The van der Waals surface area contributed by atoms with E-state index in [1.807, 2.05) is 49.5 Å². The van der Waals surface area contributed by atoms with E-state index in [1.54, 1.807) is 28.9 Å². The normalized spacial score (nSPS) is 17.7. The van der Waals surface area contributed by atoms with E-state index in [9.17, 15) is 9.59 Å². The van der Waals surface area contributed by atoms with Crippen molar-refractivity contribution in [3.63, 3.8) is 0 Å². The molecule has 2 heterocycles. The Morgan fingerprint density at radius 1 is 1.20 bits per heavy atom. The van der Waals surface area contributed by atoms with Gasteiger partial charge in [-0.2, -0.15) is 0 Å². The SMILES string of the molecule is Cc1ocnc1C(=O)N1CCC[C@@](COc2cccc(Cl)c2)(CC(=O)N(C)Cc2ccccc2)C1. The summed E-state index contributed by atoms with van der Waals surface area (Å²) in [4.78, 5) is 34.2. The fourth-order valence-electron chi connectivity index (χ4n) is 4.55. The number of oxazole rings is 1. The van der Waals surface area contributed by atoms with Gasteiger partial charge in [-0.3, -0.25) is 9.59 Å². The van der Waals surface area contributed by atoms with Gasteiger partial charge in [0.1, 0.15) is 11.5 Å². The van der Waals surface area contributed by atoms with Gasteiger partial charge in [0.15, 0.2) is 12.1 Å². The Labute approximate surface area is 210 Å². The van der Waals surface area contributed by atoms with E-state index in [2.05, 4.69) is 4.98 Å². The molecule has 1 atom stereocenters. The van der Waals surface area contributed by atoms with Crippen LogP contribution in [0.4, 0.5) is 0 Å². The second kappa shape index (κ2) is 11.0. The third-order valence-corrected chi connectivity index (χ3v) is 6.69. The maximum Gasteiger partial charge on any atom is 0.276 e. The van der Waals surface area contributed by atoms with Crippen LogP contribution in [-0.2, 0) is 11.3 Å². The third kappa shape index (κ3) is 6.22. The Morgan fingerprint density at radius 3 is 2.71 bits per heavy atom. The van der Waals surface area contributed by atoms with Crippen LogP contribution in [0.1, 0.15) is 41.1 Å². The average Bonchev–Trinajstić information content (AvgIpc) is 3.29. The van der Waals surface area contributed by atoms with E-state index < -0.39 is 5.41 Å². The molecule has 3 aromatic rings. The van der Waals surface area contributed by atoms with Crippen LogP contribution < -0.4 is 4.74 Å². The van der Waals surface area contributed by atoms with Crippen LogP contribution in [0.2, 0.25) is 5.02 Å². The second-order valence-electron chi connectivity index (χ2n) is 9.25. The number of carbonyl (C=O) groups excluding carboxylic acids is 2. The van der Waals surface area contributed by atoms with Gasteiger partial charge in [-0.05, 0) is 43.5 Å². The van der Waals surface area contributed by atoms with Gasteiger partial charge in [0.05, 0.1) is 6.61 Å². The standard InChI is InChI=1S/C27H30ClN3O4/c1-20-25(29-19-35-20)26(33)31-13-7-12-27(17-31,18-34-23-11-6-10-22(28)14-23)15-24(32)30(2)16-21-8-4-3-5-9-21/h3-6,8-11,14,19H,7,12-13,15-18H2,1-2H3/t27-/m1/s1. The van der Waals surface area contributed by atoms with Crippen LogP contribution >= 0.6 is 11.6 Å². The summed E-state index contributed by atoms with van der Waals surface area (Å²) in [6.45, 7) is 3.52. The Bertz CT molecular complexity index is 1170. The van der Waals surface area contributed by atoms with Crippen molar-refractivity contribution in [1.29, 1.82) is 0 Å². The number of benzene rings is 2. The number of ether oxygens (including phenoxy) is 1. The molecular formula is C27H30ClN3O4. The van der Waals surface area contributed by atoms with Crippen molar-refractivity contribution >= 4 is 23.4 Å². The van der Waals surface area contributed by atoms with Crippen molar-refractivity contribution in [3.8, 4) is 5.75 Å². The number of halogens is 1. The minimum absolute atomic E-state index is 0.00969. The highest BCUT2D eigenvalue weighted by Crippen LogP contribution is 2.36. The van der Waals surface area contributed by atoms with Gasteiger partial charge in [0.25, 0.3) is 5.91 Å². The van der Waals surface area contributed by atoms with Crippen molar-refractivity contribution in [2.24, 2.45) is 5.41 Å². The summed E-state index contributed by atoms with van der Waals surface area (Å²) in [7, 11) is 1.81. The molecule has 4 rings (SSSR count). The fraction of sp³-hybridized carbons (Fsp3) is 0.370. The lowest BCUT2D eigenvalue weighted by atomic mass is 9.77. The molecule has 1 fully saturated rings.